The Morgan fingerprint density at radius 2 is 1.88 bits per heavy atom. The third-order valence-corrected chi connectivity index (χ3v) is 6.45. The van der Waals surface area contributed by atoms with Crippen LogP contribution >= 0.6 is 11.8 Å². The Hall–Kier alpha value is -2.92. The van der Waals surface area contributed by atoms with Crippen LogP contribution in [0.3, 0.4) is 0 Å². The molecule has 0 radical (unpaired) electrons. The fourth-order valence-corrected chi connectivity index (χ4v) is 4.56. The van der Waals surface area contributed by atoms with E-state index in [1.54, 1.807) is 11.8 Å². The molecule has 2 aromatic rings. The summed E-state index contributed by atoms with van der Waals surface area (Å²) >= 11 is 1.68. The van der Waals surface area contributed by atoms with Crippen molar-refractivity contribution >= 4 is 11.8 Å². The zero-order valence-corrected chi connectivity index (χ0v) is 21.2. The van der Waals surface area contributed by atoms with Crippen LogP contribution in [0.2, 0.25) is 0 Å². The summed E-state index contributed by atoms with van der Waals surface area (Å²) in [5.41, 5.74) is 7.16. The van der Waals surface area contributed by atoms with Gasteiger partial charge in [0.1, 0.15) is 6.54 Å². The van der Waals surface area contributed by atoms with Crippen LogP contribution < -0.4 is 0 Å². The number of hydrogen-bond donors (Lipinski definition) is 0. The Kier molecular flexibility index (Phi) is 11.4. The van der Waals surface area contributed by atoms with Crippen LogP contribution in [0.25, 0.3) is 0 Å². The van der Waals surface area contributed by atoms with E-state index in [2.05, 4.69) is 90.4 Å². The predicted octanol–water partition coefficient (Wildman–Crippen LogP) is 8.23. The summed E-state index contributed by atoms with van der Waals surface area (Å²) in [5, 5.41) is 6.38. The minimum atomic E-state index is 0.202. The highest BCUT2D eigenvalue weighted by Gasteiger charge is 2.17. The van der Waals surface area contributed by atoms with Gasteiger partial charge in [0.25, 0.3) is 0 Å². The minimum absolute atomic E-state index is 0.202. The average molecular weight is 462 g/mol. The molecule has 0 aliphatic carbocycles. The maximum atomic E-state index is 11.0. The SMILES string of the molecule is C/C=C\C=C(/C)C/C(C)=C/C/C=C\C=C\Sc1c(C)c(CN=O)c(C)n1Cc1ccncc1. The number of thioether (sulfide) groups is 1. The lowest BCUT2D eigenvalue weighted by atomic mass is 10.1. The Morgan fingerprint density at radius 3 is 2.58 bits per heavy atom. The summed E-state index contributed by atoms with van der Waals surface area (Å²) < 4.78 is 2.26. The fraction of sp³-hybridized carbons (Fsp3) is 0.321. The monoisotopic (exact) mass is 461 g/mol. The highest BCUT2D eigenvalue weighted by molar-refractivity contribution is 8.02. The number of hydrogen-bond acceptors (Lipinski definition) is 4. The zero-order chi connectivity index (χ0) is 24.1. The van der Waals surface area contributed by atoms with E-state index in [1.165, 1.54) is 16.7 Å². The molecule has 0 amide bonds. The third-order valence-electron chi connectivity index (χ3n) is 5.41. The molecule has 33 heavy (non-hydrogen) atoms. The number of nitrogens with zero attached hydrogens (tertiary/aromatic N) is 3. The van der Waals surface area contributed by atoms with Crippen LogP contribution in [0.5, 0.6) is 0 Å². The molecule has 0 N–H and O–H groups in total. The van der Waals surface area contributed by atoms with Crippen molar-refractivity contribution in [1.82, 2.24) is 9.55 Å². The van der Waals surface area contributed by atoms with Crippen molar-refractivity contribution < 1.29 is 0 Å². The Morgan fingerprint density at radius 1 is 1.12 bits per heavy atom. The van der Waals surface area contributed by atoms with Gasteiger partial charge >= 0.3 is 0 Å². The lowest BCUT2D eigenvalue weighted by Crippen LogP contribution is -2.03. The van der Waals surface area contributed by atoms with Gasteiger partial charge in [-0.25, -0.2) is 0 Å². The van der Waals surface area contributed by atoms with Gasteiger partial charge in [-0.1, -0.05) is 70.6 Å². The Bertz CT molecular complexity index is 1060. The molecule has 0 aliphatic heterocycles. The van der Waals surface area contributed by atoms with Crippen molar-refractivity contribution in [3.8, 4) is 0 Å². The zero-order valence-electron chi connectivity index (χ0n) is 20.4. The topological polar surface area (TPSA) is 47.2 Å². The molecule has 0 saturated carbocycles. The van der Waals surface area contributed by atoms with Crippen molar-refractivity contribution in [2.75, 3.05) is 0 Å². The average Bonchev–Trinajstić information content (AvgIpc) is 3.02. The minimum Gasteiger partial charge on any atom is -0.335 e. The quantitative estimate of drug-likeness (QED) is 0.138. The van der Waals surface area contributed by atoms with Crippen molar-refractivity contribution in [3.05, 3.63) is 111 Å². The molecule has 0 spiro atoms. The molecule has 0 saturated heterocycles. The smallest absolute Gasteiger partial charge is 0.108 e. The van der Waals surface area contributed by atoms with Crippen molar-refractivity contribution in [3.63, 3.8) is 0 Å². The highest BCUT2D eigenvalue weighted by atomic mass is 32.2. The maximum absolute atomic E-state index is 11.0. The molecule has 0 unspecified atom stereocenters. The molecule has 2 heterocycles. The summed E-state index contributed by atoms with van der Waals surface area (Å²) in [6.45, 7) is 11.5. The summed E-state index contributed by atoms with van der Waals surface area (Å²) in [6, 6.07) is 4.04. The molecule has 0 fully saturated rings. The van der Waals surface area contributed by atoms with E-state index in [4.69, 9.17) is 0 Å². The van der Waals surface area contributed by atoms with Crippen LogP contribution in [0, 0.1) is 18.8 Å². The number of aromatic nitrogens is 2. The van der Waals surface area contributed by atoms with Crippen molar-refractivity contribution in [2.24, 2.45) is 5.18 Å². The lowest BCUT2D eigenvalue weighted by Gasteiger charge is -2.11. The molecular weight excluding hydrogens is 426 g/mol. The summed E-state index contributed by atoms with van der Waals surface area (Å²) in [6.07, 6.45) is 20.4. The van der Waals surface area contributed by atoms with Gasteiger partial charge in [0.2, 0.25) is 0 Å². The second-order valence-corrected chi connectivity index (χ2v) is 8.99. The molecule has 5 heteroatoms. The van der Waals surface area contributed by atoms with E-state index < -0.39 is 0 Å². The van der Waals surface area contributed by atoms with Gasteiger partial charge in [0.05, 0.1) is 5.03 Å². The van der Waals surface area contributed by atoms with E-state index in [0.717, 1.165) is 41.2 Å². The molecular formula is C28H35N3OS. The molecule has 0 aliphatic rings. The van der Waals surface area contributed by atoms with Crippen LogP contribution in [0.15, 0.2) is 93.8 Å². The van der Waals surface area contributed by atoms with Gasteiger partial charge in [-0.2, -0.15) is 4.91 Å². The summed E-state index contributed by atoms with van der Waals surface area (Å²) in [7, 11) is 0. The van der Waals surface area contributed by atoms with Gasteiger partial charge in [-0.05, 0) is 76.1 Å². The first-order valence-corrected chi connectivity index (χ1v) is 12.1. The van der Waals surface area contributed by atoms with Crippen molar-refractivity contribution in [1.29, 1.82) is 0 Å². The van der Waals surface area contributed by atoms with Gasteiger partial charge in [0, 0.05) is 30.2 Å². The second kappa shape index (κ2) is 14.3. The van der Waals surface area contributed by atoms with Gasteiger partial charge < -0.3 is 4.57 Å². The molecule has 174 valence electrons. The van der Waals surface area contributed by atoms with Gasteiger partial charge in [-0.3, -0.25) is 4.98 Å². The van der Waals surface area contributed by atoms with Gasteiger partial charge in [-0.15, -0.1) is 0 Å². The van der Waals surface area contributed by atoms with Crippen LogP contribution in [0.1, 0.15) is 56.0 Å². The highest BCUT2D eigenvalue weighted by Crippen LogP contribution is 2.32. The maximum Gasteiger partial charge on any atom is 0.108 e. The Labute approximate surface area is 202 Å². The first-order chi connectivity index (χ1) is 16.0. The summed E-state index contributed by atoms with van der Waals surface area (Å²) in [5.74, 6) is 0. The van der Waals surface area contributed by atoms with Crippen LogP contribution in [0.4, 0.5) is 0 Å². The molecule has 0 aromatic carbocycles. The Balaban J connectivity index is 2.04. The van der Waals surface area contributed by atoms with E-state index in [-0.39, 0.29) is 6.54 Å². The number of nitroso groups, excluding NO2 is 1. The van der Waals surface area contributed by atoms with E-state index >= 15 is 0 Å². The third kappa shape index (κ3) is 8.50. The predicted molar refractivity (Wildman–Crippen MR) is 142 cm³/mol. The standard InChI is InChI=1S/C28H35N3OS/c1-6-7-12-22(2)19-23(3)13-10-8-9-11-18-33-28-24(4)27(20-30-32)25(5)31(28)21-26-14-16-29-17-15-26/h6-9,11-18H,10,19-21H2,1-5H3/b7-6-,9-8-,18-11+,22-12+,23-13+. The van der Waals surface area contributed by atoms with Crippen molar-refractivity contribution in [2.45, 2.75) is 65.6 Å². The first kappa shape index (κ1) is 26.3. The fourth-order valence-electron chi connectivity index (χ4n) is 3.64. The molecule has 2 rings (SSSR count). The normalized spacial score (nSPS) is 13.1. The van der Waals surface area contributed by atoms with Crippen LogP contribution in [-0.4, -0.2) is 9.55 Å². The van der Waals surface area contributed by atoms with E-state index in [0.29, 0.717) is 0 Å². The summed E-state index contributed by atoms with van der Waals surface area (Å²) in [4.78, 5) is 15.1. The number of pyridine rings is 1. The van der Waals surface area contributed by atoms with E-state index in [9.17, 15) is 4.91 Å². The largest absolute Gasteiger partial charge is 0.335 e. The molecule has 0 atom stereocenters. The molecule has 2 aromatic heterocycles. The molecule has 4 nitrogen and oxygen atoms in total. The van der Waals surface area contributed by atoms with E-state index in [1.807, 2.05) is 31.5 Å². The van der Waals surface area contributed by atoms with Gasteiger partial charge in [0.15, 0.2) is 0 Å². The number of allylic oxidation sites excluding steroid dienone is 9. The number of rotatable bonds is 12. The lowest BCUT2D eigenvalue weighted by molar-refractivity contribution is 0.703. The first-order valence-electron chi connectivity index (χ1n) is 11.3. The molecule has 0 bridgehead atoms. The second-order valence-electron chi connectivity index (χ2n) is 8.10. The van der Waals surface area contributed by atoms with Crippen LogP contribution in [-0.2, 0) is 13.1 Å².